The molecule has 0 amide bonds. The molecule has 5 nitrogen and oxygen atoms in total. The van der Waals surface area contributed by atoms with Crippen LogP contribution in [0.1, 0.15) is 62.4 Å². The third-order valence-corrected chi connectivity index (χ3v) is 5.33. The van der Waals surface area contributed by atoms with Gasteiger partial charge < -0.3 is 10.6 Å². The monoisotopic (exact) mass is 333 g/mol. The van der Waals surface area contributed by atoms with Crippen LogP contribution in [0.5, 0.6) is 0 Å². The fourth-order valence-corrected chi connectivity index (χ4v) is 3.79. The van der Waals surface area contributed by atoms with Crippen LogP contribution < -0.4 is 10.6 Å². The average Bonchev–Trinajstić information content (AvgIpc) is 3.14. The van der Waals surface area contributed by atoms with Crippen molar-refractivity contribution in [3.05, 3.63) is 17.0 Å². The van der Waals surface area contributed by atoms with Crippen LogP contribution in [0.25, 0.3) is 0 Å². The fourth-order valence-electron chi connectivity index (χ4n) is 3.79. The summed E-state index contributed by atoms with van der Waals surface area (Å²) in [5, 5.41) is 11.5. The first-order chi connectivity index (χ1) is 11.5. The molecule has 0 aromatic carbocycles. The molecule has 1 saturated carbocycles. The van der Waals surface area contributed by atoms with Gasteiger partial charge in [0.2, 0.25) is 0 Å². The molecule has 2 rings (SSSR count). The van der Waals surface area contributed by atoms with Crippen LogP contribution >= 0.6 is 0 Å². The number of guanidine groups is 1. The largest absolute Gasteiger partial charge is 0.356 e. The second-order valence-electron chi connectivity index (χ2n) is 7.31. The molecule has 1 atom stereocenters. The minimum absolute atomic E-state index is 0.327. The van der Waals surface area contributed by atoms with Crippen molar-refractivity contribution >= 4 is 5.96 Å². The number of hydrogen-bond donors (Lipinski definition) is 2. The standard InChI is InChI=1S/C19H35N5/c1-14(13-18-15(2)23-24(5)16(18)3)22-19(20-4)21-12-8-11-17-9-6-7-10-17/h14,17H,6-13H2,1-5H3,(H2,20,21,22). The Morgan fingerprint density at radius 1 is 1.33 bits per heavy atom. The predicted molar refractivity (Wildman–Crippen MR) is 102 cm³/mol. The molecule has 0 spiro atoms. The molecule has 2 N–H and O–H groups in total. The van der Waals surface area contributed by atoms with Gasteiger partial charge in [-0.2, -0.15) is 5.10 Å². The van der Waals surface area contributed by atoms with Crippen molar-refractivity contribution in [1.82, 2.24) is 20.4 Å². The molecule has 24 heavy (non-hydrogen) atoms. The van der Waals surface area contributed by atoms with Gasteiger partial charge in [0.05, 0.1) is 5.69 Å². The molecule has 1 unspecified atom stereocenters. The molecular weight excluding hydrogens is 298 g/mol. The van der Waals surface area contributed by atoms with Crippen LogP contribution in [0.4, 0.5) is 0 Å². The Kier molecular flexibility index (Phi) is 7.13. The number of nitrogens with zero attached hydrogens (tertiary/aromatic N) is 3. The molecule has 0 radical (unpaired) electrons. The summed E-state index contributed by atoms with van der Waals surface area (Å²) in [5.41, 5.74) is 3.72. The highest BCUT2D eigenvalue weighted by atomic mass is 15.3. The minimum Gasteiger partial charge on any atom is -0.356 e. The zero-order chi connectivity index (χ0) is 17.5. The molecule has 1 aromatic rings. The van der Waals surface area contributed by atoms with Crippen LogP contribution in [0, 0.1) is 19.8 Å². The second-order valence-corrected chi connectivity index (χ2v) is 7.31. The number of aromatic nitrogens is 2. The first-order valence-corrected chi connectivity index (χ1v) is 9.47. The van der Waals surface area contributed by atoms with E-state index in [0.717, 1.165) is 30.5 Å². The molecule has 1 aliphatic rings. The van der Waals surface area contributed by atoms with E-state index < -0.39 is 0 Å². The lowest BCUT2D eigenvalue weighted by Crippen LogP contribution is -2.43. The zero-order valence-corrected chi connectivity index (χ0v) is 16.2. The van der Waals surface area contributed by atoms with Gasteiger partial charge in [0.1, 0.15) is 0 Å². The van der Waals surface area contributed by atoms with Crippen molar-refractivity contribution in [2.75, 3.05) is 13.6 Å². The molecule has 1 heterocycles. The summed E-state index contributed by atoms with van der Waals surface area (Å²) in [5.74, 6) is 1.88. The molecular formula is C19H35N5. The maximum atomic E-state index is 4.50. The van der Waals surface area contributed by atoms with Gasteiger partial charge in [0, 0.05) is 32.4 Å². The fraction of sp³-hybridized carbons (Fsp3) is 0.789. The van der Waals surface area contributed by atoms with Gasteiger partial charge in [0.15, 0.2) is 5.96 Å². The third kappa shape index (κ3) is 5.25. The number of rotatable bonds is 7. The predicted octanol–water partition coefficient (Wildman–Crippen LogP) is 3.10. The normalized spacial score (nSPS) is 17.3. The lowest BCUT2D eigenvalue weighted by molar-refractivity contribution is 0.480. The number of aryl methyl sites for hydroxylation is 2. The van der Waals surface area contributed by atoms with E-state index in [0.29, 0.717) is 6.04 Å². The Morgan fingerprint density at radius 2 is 2.04 bits per heavy atom. The van der Waals surface area contributed by atoms with Crippen molar-refractivity contribution in [2.45, 2.75) is 71.8 Å². The highest BCUT2D eigenvalue weighted by molar-refractivity contribution is 5.79. The Labute approximate surface area is 147 Å². The van der Waals surface area contributed by atoms with Crippen LogP contribution in [-0.2, 0) is 13.5 Å². The summed E-state index contributed by atoms with van der Waals surface area (Å²) in [6.45, 7) is 7.44. The van der Waals surface area contributed by atoms with Gasteiger partial charge in [-0.3, -0.25) is 9.67 Å². The summed E-state index contributed by atoms with van der Waals surface area (Å²) in [7, 11) is 3.86. The van der Waals surface area contributed by atoms with Gasteiger partial charge >= 0.3 is 0 Å². The first-order valence-electron chi connectivity index (χ1n) is 9.47. The molecule has 1 aliphatic carbocycles. The van der Waals surface area contributed by atoms with Gasteiger partial charge in [0.25, 0.3) is 0 Å². The third-order valence-electron chi connectivity index (χ3n) is 5.33. The Hall–Kier alpha value is -1.52. The highest BCUT2D eigenvalue weighted by Gasteiger charge is 2.15. The molecule has 5 heteroatoms. The van der Waals surface area contributed by atoms with Gasteiger partial charge in [-0.1, -0.05) is 25.7 Å². The summed E-state index contributed by atoms with van der Waals surface area (Å²) in [6.07, 6.45) is 9.31. The van der Waals surface area contributed by atoms with E-state index in [1.165, 1.54) is 49.8 Å². The summed E-state index contributed by atoms with van der Waals surface area (Å²) in [6, 6.07) is 0.327. The molecule has 136 valence electrons. The van der Waals surface area contributed by atoms with E-state index in [2.05, 4.69) is 41.5 Å². The van der Waals surface area contributed by atoms with Gasteiger partial charge in [-0.05, 0) is 51.5 Å². The van der Waals surface area contributed by atoms with E-state index in [4.69, 9.17) is 0 Å². The lowest BCUT2D eigenvalue weighted by atomic mass is 10.0. The van der Waals surface area contributed by atoms with Crippen LogP contribution in [0.2, 0.25) is 0 Å². The van der Waals surface area contributed by atoms with Crippen LogP contribution in [-0.4, -0.2) is 35.4 Å². The summed E-state index contributed by atoms with van der Waals surface area (Å²) in [4.78, 5) is 4.36. The van der Waals surface area contributed by atoms with Crippen molar-refractivity contribution in [3.8, 4) is 0 Å². The Bertz CT molecular complexity index is 540. The quantitative estimate of drug-likeness (QED) is 0.458. The molecule has 1 aromatic heterocycles. The van der Waals surface area contributed by atoms with Crippen molar-refractivity contribution < 1.29 is 0 Å². The minimum atomic E-state index is 0.327. The van der Waals surface area contributed by atoms with E-state index in [9.17, 15) is 0 Å². The molecule has 1 fully saturated rings. The second kappa shape index (κ2) is 9.09. The van der Waals surface area contributed by atoms with Crippen LogP contribution in [0.3, 0.4) is 0 Å². The van der Waals surface area contributed by atoms with E-state index in [-0.39, 0.29) is 0 Å². The molecule has 0 bridgehead atoms. The Balaban J connectivity index is 1.73. The van der Waals surface area contributed by atoms with Crippen molar-refractivity contribution in [1.29, 1.82) is 0 Å². The molecule has 0 aliphatic heterocycles. The molecule has 0 saturated heterocycles. The first kappa shape index (κ1) is 18.8. The zero-order valence-electron chi connectivity index (χ0n) is 16.2. The lowest BCUT2D eigenvalue weighted by Gasteiger charge is -2.18. The van der Waals surface area contributed by atoms with Crippen molar-refractivity contribution in [2.24, 2.45) is 18.0 Å². The van der Waals surface area contributed by atoms with Gasteiger partial charge in [-0.15, -0.1) is 0 Å². The van der Waals surface area contributed by atoms with E-state index in [1.807, 2.05) is 18.8 Å². The maximum Gasteiger partial charge on any atom is 0.191 e. The number of nitrogens with one attached hydrogen (secondary N) is 2. The average molecular weight is 334 g/mol. The highest BCUT2D eigenvalue weighted by Crippen LogP contribution is 2.28. The summed E-state index contributed by atoms with van der Waals surface area (Å²) >= 11 is 0. The van der Waals surface area contributed by atoms with E-state index >= 15 is 0 Å². The number of aliphatic imine (C=N–C) groups is 1. The van der Waals surface area contributed by atoms with Crippen molar-refractivity contribution in [3.63, 3.8) is 0 Å². The SMILES string of the molecule is CN=C(NCCCC1CCCC1)NC(C)Cc1c(C)nn(C)c1C. The maximum absolute atomic E-state index is 4.50. The van der Waals surface area contributed by atoms with Gasteiger partial charge in [-0.25, -0.2) is 0 Å². The van der Waals surface area contributed by atoms with Crippen LogP contribution in [0.15, 0.2) is 4.99 Å². The topological polar surface area (TPSA) is 54.2 Å². The number of hydrogen-bond acceptors (Lipinski definition) is 2. The Morgan fingerprint density at radius 3 is 2.62 bits per heavy atom. The van der Waals surface area contributed by atoms with E-state index in [1.54, 1.807) is 0 Å². The smallest absolute Gasteiger partial charge is 0.191 e. The summed E-state index contributed by atoms with van der Waals surface area (Å²) < 4.78 is 1.97.